The fourth-order valence-corrected chi connectivity index (χ4v) is 1.74. The van der Waals surface area contributed by atoms with Crippen molar-refractivity contribution in [2.45, 2.75) is 26.8 Å². The third kappa shape index (κ3) is 9.64. The lowest BCUT2D eigenvalue weighted by molar-refractivity contribution is 0.253. The van der Waals surface area contributed by atoms with Crippen LogP contribution < -0.4 is 16.8 Å². The summed E-state index contributed by atoms with van der Waals surface area (Å²) in [5.74, 6) is 0.736. The van der Waals surface area contributed by atoms with Gasteiger partial charge in [-0.15, -0.1) is 0 Å². The molecule has 0 radical (unpaired) electrons. The van der Waals surface area contributed by atoms with Gasteiger partial charge in [0.2, 0.25) is 0 Å². The van der Waals surface area contributed by atoms with E-state index in [1.807, 2.05) is 25.2 Å². The van der Waals surface area contributed by atoms with Crippen LogP contribution in [-0.4, -0.2) is 30.9 Å². The average molecular weight is 371 g/mol. The highest BCUT2D eigenvalue weighted by atomic mass is 16.5. The molecule has 0 aromatic carbocycles. The Morgan fingerprint density at radius 1 is 1.19 bits per heavy atom. The number of hydrogen-bond acceptors (Lipinski definition) is 5. The van der Waals surface area contributed by atoms with Crippen molar-refractivity contribution < 1.29 is 9.53 Å². The van der Waals surface area contributed by atoms with Gasteiger partial charge in [0.25, 0.3) is 0 Å². The predicted octanol–water partition coefficient (Wildman–Crippen LogP) is 3.11. The number of urea groups is 1. The molecule has 1 atom stereocenters. The SMILES string of the molecule is C=C/C=C\C=C/C(C)N=C(NC(N)=O)C(C)=C(N)/C(C=C)=C/N=C(C)OC. The van der Waals surface area contributed by atoms with Crippen LogP contribution >= 0.6 is 0 Å². The molecule has 0 aromatic rings. The molecule has 27 heavy (non-hydrogen) atoms. The maximum atomic E-state index is 11.4. The first-order valence-electron chi connectivity index (χ1n) is 8.25. The van der Waals surface area contributed by atoms with Gasteiger partial charge in [-0.25, -0.2) is 9.79 Å². The Labute approximate surface area is 161 Å². The van der Waals surface area contributed by atoms with E-state index in [1.165, 1.54) is 13.3 Å². The Morgan fingerprint density at radius 2 is 1.85 bits per heavy atom. The average Bonchev–Trinajstić information content (AvgIpc) is 2.63. The number of methoxy groups -OCH3 is 1. The maximum Gasteiger partial charge on any atom is 0.317 e. The second-order valence-corrected chi connectivity index (χ2v) is 5.39. The van der Waals surface area contributed by atoms with E-state index in [9.17, 15) is 4.79 Å². The molecule has 146 valence electrons. The molecule has 2 amide bonds. The van der Waals surface area contributed by atoms with E-state index in [-0.39, 0.29) is 11.9 Å². The topological polar surface area (TPSA) is 115 Å². The number of nitrogens with one attached hydrogen (secondary N) is 1. The summed E-state index contributed by atoms with van der Waals surface area (Å²) in [6.07, 6.45) is 12.0. The summed E-state index contributed by atoms with van der Waals surface area (Å²) in [7, 11) is 1.52. The molecule has 7 nitrogen and oxygen atoms in total. The van der Waals surface area contributed by atoms with Gasteiger partial charge in [0.05, 0.1) is 13.2 Å². The van der Waals surface area contributed by atoms with E-state index < -0.39 is 6.03 Å². The normalized spacial score (nSPS) is 15.5. The highest BCUT2D eigenvalue weighted by Gasteiger charge is 2.12. The lowest BCUT2D eigenvalue weighted by atomic mass is 10.1. The Hall–Kier alpha value is -3.35. The summed E-state index contributed by atoms with van der Waals surface area (Å²) in [5, 5.41) is 2.51. The summed E-state index contributed by atoms with van der Waals surface area (Å²) in [6.45, 7) is 12.6. The molecule has 0 fully saturated rings. The zero-order valence-electron chi connectivity index (χ0n) is 16.4. The van der Waals surface area contributed by atoms with Crippen LogP contribution in [0.25, 0.3) is 0 Å². The Bertz CT molecular complexity index is 725. The van der Waals surface area contributed by atoms with Crippen molar-refractivity contribution in [2.24, 2.45) is 21.5 Å². The van der Waals surface area contributed by atoms with Gasteiger partial charge in [-0.3, -0.25) is 10.3 Å². The molecular formula is C20H29N5O2. The molecule has 0 heterocycles. The largest absolute Gasteiger partial charge is 0.484 e. The van der Waals surface area contributed by atoms with Crippen molar-refractivity contribution in [3.63, 3.8) is 0 Å². The molecular weight excluding hydrogens is 342 g/mol. The summed E-state index contributed by atoms with van der Waals surface area (Å²) < 4.78 is 4.99. The number of carbonyl (C=O) groups excluding carboxylic acids is 1. The standard InChI is InChI=1S/C20H29N5O2/c1-7-9-10-11-12-14(3)24-19(25-20(22)26)15(4)18(21)17(8-2)13-23-16(5)27-6/h7-14H,1-2,21H2,3-6H3,(H3,22,24,25,26)/b10-9-,12-11-,17-13+,18-15?,23-16?. The number of rotatable bonds is 8. The van der Waals surface area contributed by atoms with E-state index in [4.69, 9.17) is 16.2 Å². The lowest BCUT2D eigenvalue weighted by Gasteiger charge is -2.13. The summed E-state index contributed by atoms with van der Waals surface area (Å²) >= 11 is 0. The molecule has 0 aliphatic rings. The first-order chi connectivity index (χ1) is 12.8. The van der Waals surface area contributed by atoms with Gasteiger partial charge in [0.1, 0.15) is 5.84 Å². The minimum absolute atomic E-state index is 0.228. The number of amidine groups is 1. The molecule has 5 N–H and O–H groups in total. The van der Waals surface area contributed by atoms with Gasteiger partial charge in [-0.1, -0.05) is 49.6 Å². The maximum absolute atomic E-state index is 11.4. The minimum Gasteiger partial charge on any atom is -0.484 e. The minimum atomic E-state index is -0.735. The van der Waals surface area contributed by atoms with Crippen molar-refractivity contribution in [3.8, 4) is 0 Å². The van der Waals surface area contributed by atoms with Crippen molar-refractivity contribution in [1.29, 1.82) is 0 Å². The first kappa shape index (κ1) is 23.6. The lowest BCUT2D eigenvalue weighted by Crippen LogP contribution is -2.37. The fourth-order valence-electron chi connectivity index (χ4n) is 1.74. The van der Waals surface area contributed by atoms with Gasteiger partial charge >= 0.3 is 6.03 Å². The molecule has 0 spiro atoms. The van der Waals surface area contributed by atoms with Crippen LogP contribution in [0, 0.1) is 0 Å². The molecule has 0 rings (SSSR count). The number of aliphatic imine (C=N–C) groups is 2. The molecule has 0 bridgehead atoms. The molecule has 7 heteroatoms. The predicted molar refractivity (Wildman–Crippen MR) is 113 cm³/mol. The number of carbonyl (C=O) groups is 1. The third-order valence-corrected chi connectivity index (χ3v) is 3.29. The van der Waals surface area contributed by atoms with E-state index in [2.05, 4.69) is 28.5 Å². The van der Waals surface area contributed by atoms with E-state index in [0.717, 1.165) is 0 Å². The number of allylic oxidation sites excluding steroid dienone is 5. The molecule has 0 saturated heterocycles. The molecule has 0 saturated carbocycles. The van der Waals surface area contributed by atoms with Gasteiger partial charge < -0.3 is 16.2 Å². The Kier molecular flexibility index (Phi) is 11.3. The second kappa shape index (κ2) is 12.9. The van der Waals surface area contributed by atoms with E-state index in [1.54, 1.807) is 32.1 Å². The number of primary amides is 1. The number of nitrogens with zero attached hydrogens (tertiary/aromatic N) is 2. The quantitative estimate of drug-likeness (QED) is 0.346. The summed E-state index contributed by atoms with van der Waals surface area (Å²) in [6, 6.07) is -0.963. The van der Waals surface area contributed by atoms with Crippen molar-refractivity contribution in [2.75, 3.05) is 7.11 Å². The summed E-state index contributed by atoms with van der Waals surface area (Å²) in [5.41, 5.74) is 12.9. The van der Waals surface area contributed by atoms with Crippen molar-refractivity contribution in [3.05, 3.63) is 72.7 Å². The van der Waals surface area contributed by atoms with E-state index in [0.29, 0.717) is 22.7 Å². The Balaban J connectivity index is 5.92. The smallest absolute Gasteiger partial charge is 0.317 e. The second-order valence-electron chi connectivity index (χ2n) is 5.39. The van der Waals surface area contributed by atoms with E-state index >= 15 is 0 Å². The highest BCUT2D eigenvalue weighted by molar-refractivity contribution is 6.07. The van der Waals surface area contributed by atoms with Gasteiger partial charge in [0, 0.05) is 30.0 Å². The number of amides is 2. The summed E-state index contributed by atoms with van der Waals surface area (Å²) in [4.78, 5) is 20.0. The van der Waals surface area contributed by atoms with Gasteiger partial charge in [-0.05, 0) is 13.8 Å². The molecule has 0 aromatic heterocycles. The zero-order chi connectivity index (χ0) is 20.8. The highest BCUT2D eigenvalue weighted by Crippen LogP contribution is 2.13. The van der Waals surface area contributed by atoms with Crippen LogP contribution in [0.2, 0.25) is 0 Å². The van der Waals surface area contributed by atoms with Gasteiger partial charge in [-0.2, -0.15) is 0 Å². The van der Waals surface area contributed by atoms with Crippen LogP contribution in [0.1, 0.15) is 20.8 Å². The first-order valence-corrected chi connectivity index (χ1v) is 8.25. The Morgan fingerprint density at radius 3 is 2.37 bits per heavy atom. The van der Waals surface area contributed by atoms with Crippen LogP contribution in [0.3, 0.4) is 0 Å². The third-order valence-electron chi connectivity index (χ3n) is 3.29. The van der Waals surface area contributed by atoms with Crippen LogP contribution in [0.5, 0.6) is 0 Å². The van der Waals surface area contributed by atoms with Crippen molar-refractivity contribution >= 4 is 17.8 Å². The number of nitrogens with two attached hydrogens (primary N) is 2. The van der Waals surface area contributed by atoms with Gasteiger partial charge in [0.15, 0.2) is 5.90 Å². The van der Waals surface area contributed by atoms with Crippen molar-refractivity contribution in [1.82, 2.24) is 5.32 Å². The fraction of sp³-hybridized carbons (Fsp3) is 0.250. The monoisotopic (exact) mass is 371 g/mol. The van der Waals surface area contributed by atoms with Crippen LogP contribution in [0.4, 0.5) is 4.79 Å². The number of hydrogen-bond donors (Lipinski definition) is 3. The molecule has 1 unspecified atom stereocenters. The van der Waals surface area contributed by atoms with Crippen LogP contribution in [0.15, 0.2) is 82.6 Å². The molecule has 0 aliphatic carbocycles. The van der Waals surface area contributed by atoms with Crippen LogP contribution in [-0.2, 0) is 4.74 Å². The number of ether oxygens (including phenoxy) is 1. The molecule has 0 aliphatic heterocycles. The zero-order valence-corrected chi connectivity index (χ0v) is 16.4.